The number of halogens is 4. The van der Waals surface area contributed by atoms with Crippen LogP contribution in [-0.2, 0) is 6.18 Å². The minimum Gasteiger partial charge on any atom is -0.207 e. The van der Waals surface area contributed by atoms with Gasteiger partial charge in [-0.2, -0.15) is 13.2 Å². The molecular formula is C14H10F4. The largest absolute Gasteiger partial charge is 0.416 e. The Balaban J connectivity index is 2.41. The lowest BCUT2D eigenvalue weighted by atomic mass is 9.99. The molecule has 0 radical (unpaired) electrons. The average Bonchev–Trinajstić information content (AvgIpc) is 2.28. The van der Waals surface area contributed by atoms with Crippen molar-refractivity contribution >= 4 is 0 Å². The van der Waals surface area contributed by atoms with Crippen molar-refractivity contribution in [2.24, 2.45) is 0 Å². The third-order valence-electron chi connectivity index (χ3n) is 2.71. The normalized spacial score (nSPS) is 11.6. The van der Waals surface area contributed by atoms with E-state index < -0.39 is 11.7 Å². The molecule has 0 saturated carbocycles. The van der Waals surface area contributed by atoms with E-state index in [1.165, 1.54) is 24.3 Å². The summed E-state index contributed by atoms with van der Waals surface area (Å²) in [4.78, 5) is 0. The average molecular weight is 254 g/mol. The molecule has 2 rings (SSSR count). The first kappa shape index (κ1) is 12.6. The van der Waals surface area contributed by atoms with Gasteiger partial charge in [0.05, 0.1) is 5.56 Å². The summed E-state index contributed by atoms with van der Waals surface area (Å²) in [5.41, 5.74) is 1.37. The van der Waals surface area contributed by atoms with E-state index in [1.54, 1.807) is 13.0 Å². The van der Waals surface area contributed by atoms with E-state index in [2.05, 4.69) is 0 Å². The molecule has 2 aromatic rings. The number of rotatable bonds is 1. The molecule has 0 aromatic heterocycles. The van der Waals surface area contributed by atoms with Crippen LogP contribution in [0.3, 0.4) is 0 Å². The van der Waals surface area contributed by atoms with E-state index in [4.69, 9.17) is 0 Å². The first-order valence-corrected chi connectivity index (χ1v) is 5.32. The molecule has 0 spiro atoms. The van der Waals surface area contributed by atoms with E-state index >= 15 is 0 Å². The highest BCUT2D eigenvalue weighted by Crippen LogP contribution is 2.31. The van der Waals surface area contributed by atoms with Crippen molar-refractivity contribution in [2.75, 3.05) is 0 Å². The Kier molecular flexibility index (Phi) is 3.11. The highest BCUT2D eigenvalue weighted by atomic mass is 19.4. The predicted octanol–water partition coefficient (Wildman–Crippen LogP) is 4.82. The number of aryl methyl sites for hydroxylation is 1. The lowest BCUT2D eigenvalue weighted by Gasteiger charge is -2.09. The Bertz CT molecular complexity index is 553. The lowest BCUT2D eigenvalue weighted by molar-refractivity contribution is -0.137. The molecule has 0 bridgehead atoms. The minimum absolute atomic E-state index is 0.358. The van der Waals surface area contributed by atoms with Crippen molar-refractivity contribution in [3.05, 3.63) is 59.4 Å². The van der Waals surface area contributed by atoms with Gasteiger partial charge in [0.15, 0.2) is 0 Å². The molecule has 2 aromatic carbocycles. The van der Waals surface area contributed by atoms with Crippen LogP contribution in [-0.4, -0.2) is 0 Å². The van der Waals surface area contributed by atoms with Gasteiger partial charge in [0.2, 0.25) is 0 Å². The second-order valence-electron chi connectivity index (χ2n) is 4.03. The first-order valence-electron chi connectivity index (χ1n) is 5.32. The smallest absolute Gasteiger partial charge is 0.207 e. The van der Waals surface area contributed by atoms with Crippen LogP contribution < -0.4 is 0 Å². The van der Waals surface area contributed by atoms with Crippen LogP contribution in [0.15, 0.2) is 42.5 Å². The van der Waals surface area contributed by atoms with Gasteiger partial charge in [-0.1, -0.05) is 18.2 Å². The zero-order valence-electron chi connectivity index (χ0n) is 9.55. The highest BCUT2D eigenvalue weighted by molar-refractivity contribution is 5.67. The number of alkyl halides is 3. The summed E-state index contributed by atoms with van der Waals surface area (Å²) in [7, 11) is 0. The zero-order valence-corrected chi connectivity index (χ0v) is 9.55. The van der Waals surface area contributed by atoms with E-state index in [9.17, 15) is 17.6 Å². The molecule has 0 heterocycles. The summed E-state index contributed by atoms with van der Waals surface area (Å²) >= 11 is 0. The maximum absolute atomic E-state index is 12.9. The lowest BCUT2D eigenvalue weighted by Crippen LogP contribution is -2.04. The number of benzene rings is 2. The van der Waals surface area contributed by atoms with Crippen LogP contribution in [0.5, 0.6) is 0 Å². The fraction of sp³-hybridized carbons (Fsp3) is 0.143. The second kappa shape index (κ2) is 4.44. The van der Waals surface area contributed by atoms with Crippen LogP contribution in [0.25, 0.3) is 11.1 Å². The summed E-state index contributed by atoms with van der Waals surface area (Å²) < 4.78 is 50.1. The predicted molar refractivity (Wildman–Crippen MR) is 61.6 cm³/mol. The Morgan fingerprint density at radius 2 is 1.50 bits per heavy atom. The molecule has 0 N–H and O–H groups in total. The molecule has 0 fully saturated rings. The van der Waals surface area contributed by atoms with Crippen LogP contribution >= 0.6 is 0 Å². The second-order valence-corrected chi connectivity index (χ2v) is 4.03. The van der Waals surface area contributed by atoms with Crippen molar-refractivity contribution in [3.8, 4) is 11.1 Å². The Labute approximate surface area is 102 Å². The molecule has 0 aliphatic rings. The van der Waals surface area contributed by atoms with E-state index in [1.807, 2.05) is 0 Å². The number of hydrogen-bond acceptors (Lipinski definition) is 0. The maximum Gasteiger partial charge on any atom is 0.416 e. The Morgan fingerprint density at radius 3 is 2.00 bits per heavy atom. The molecule has 94 valence electrons. The van der Waals surface area contributed by atoms with Crippen molar-refractivity contribution < 1.29 is 17.6 Å². The van der Waals surface area contributed by atoms with Gasteiger partial charge >= 0.3 is 6.18 Å². The topological polar surface area (TPSA) is 0 Å². The quantitative estimate of drug-likeness (QED) is 0.640. The SMILES string of the molecule is Cc1cc(F)ccc1-c1ccc(C(F)(F)F)cc1. The number of hydrogen-bond donors (Lipinski definition) is 0. The molecule has 0 aliphatic heterocycles. The van der Waals surface area contributed by atoms with E-state index in [0.29, 0.717) is 11.1 Å². The fourth-order valence-corrected chi connectivity index (χ4v) is 1.79. The van der Waals surface area contributed by atoms with Crippen molar-refractivity contribution in [1.82, 2.24) is 0 Å². The van der Waals surface area contributed by atoms with Crippen molar-refractivity contribution in [2.45, 2.75) is 13.1 Å². The molecule has 0 amide bonds. The van der Waals surface area contributed by atoms with Gasteiger partial charge < -0.3 is 0 Å². The van der Waals surface area contributed by atoms with Gasteiger partial charge in [-0.25, -0.2) is 4.39 Å². The third-order valence-corrected chi connectivity index (χ3v) is 2.71. The van der Waals surface area contributed by atoms with Gasteiger partial charge in [-0.3, -0.25) is 0 Å². The van der Waals surface area contributed by atoms with Gasteiger partial charge in [0, 0.05) is 0 Å². The van der Waals surface area contributed by atoms with E-state index in [-0.39, 0.29) is 5.82 Å². The molecule has 0 saturated heterocycles. The molecule has 0 nitrogen and oxygen atoms in total. The summed E-state index contributed by atoms with van der Waals surface area (Å²) in [6, 6.07) is 9.04. The molecular weight excluding hydrogens is 244 g/mol. The molecule has 18 heavy (non-hydrogen) atoms. The van der Waals surface area contributed by atoms with Crippen LogP contribution in [0.2, 0.25) is 0 Å². The van der Waals surface area contributed by atoms with Gasteiger partial charge in [-0.05, 0) is 47.9 Å². The van der Waals surface area contributed by atoms with Crippen LogP contribution in [0.1, 0.15) is 11.1 Å². The van der Waals surface area contributed by atoms with Gasteiger partial charge in [0.25, 0.3) is 0 Å². The fourth-order valence-electron chi connectivity index (χ4n) is 1.79. The Hall–Kier alpha value is -1.84. The zero-order chi connectivity index (χ0) is 13.3. The summed E-state index contributed by atoms with van der Waals surface area (Å²) in [6.45, 7) is 1.72. The third kappa shape index (κ3) is 2.53. The van der Waals surface area contributed by atoms with Crippen molar-refractivity contribution in [1.29, 1.82) is 0 Å². The Morgan fingerprint density at radius 1 is 0.889 bits per heavy atom. The summed E-state index contributed by atoms with van der Waals surface area (Å²) in [5, 5.41) is 0. The van der Waals surface area contributed by atoms with Crippen LogP contribution in [0, 0.1) is 12.7 Å². The van der Waals surface area contributed by atoms with Gasteiger partial charge in [0.1, 0.15) is 5.82 Å². The molecule has 4 heteroatoms. The van der Waals surface area contributed by atoms with Crippen LogP contribution in [0.4, 0.5) is 17.6 Å². The van der Waals surface area contributed by atoms with Gasteiger partial charge in [-0.15, -0.1) is 0 Å². The standard InChI is InChI=1S/C14H10F4/c1-9-8-12(15)6-7-13(9)10-2-4-11(5-3-10)14(16,17)18/h2-8H,1H3. The summed E-state index contributed by atoms with van der Waals surface area (Å²) in [5.74, 6) is -0.358. The summed E-state index contributed by atoms with van der Waals surface area (Å²) in [6.07, 6.45) is -4.34. The maximum atomic E-state index is 12.9. The van der Waals surface area contributed by atoms with Crippen molar-refractivity contribution in [3.63, 3.8) is 0 Å². The molecule has 0 atom stereocenters. The van der Waals surface area contributed by atoms with E-state index in [0.717, 1.165) is 17.7 Å². The minimum atomic E-state index is -4.34. The molecule has 0 unspecified atom stereocenters. The first-order chi connectivity index (χ1) is 8.38. The monoisotopic (exact) mass is 254 g/mol. The highest BCUT2D eigenvalue weighted by Gasteiger charge is 2.29. The molecule has 0 aliphatic carbocycles.